The summed E-state index contributed by atoms with van der Waals surface area (Å²) in [6, 6.07) is 8.56. The molecular formula is C28H38O4S. The Hall–Kier alpha value is -2.40. The van der Waals surface area contributed by atoms with Crippen LogP contribution in [0.25, 0.3) is 0 Å². The summed E-state index contributed by atoms with van der Waals surface area (Å²) in [5.74, 6) is -0.358. The number of hydrogen-bond acceptors (Lipinski definition) is 4. The summed E-state index contributed by atoms with van der Waals surface area (Å²) in [6.45, 7) is 12.1. The van der Waals surface area contributed by atoms with Crippen LogP contribution in [0.5, 0.6) is 0 Å². The molecule has 0 aromatic heterocycles. The van der Waals surface area contributed by atoms with Crippen molar-refractivity contribution in [1.29, 1.82) is 0 Å². The lowest BCUT2D eigenvalue weighted by molar-refractivity contribution is -0.139. The van der Waals surface area contributed by atoms with Gasteiger partial charge in [-0.1, -0.05) is 67.0 Å². The summed E-state index contributed by atoms with van der Waals surface area (Å²) in [5.41, 5.74) is 4.66. The van der Waals surface area contributed by atoms with Crippen molar-refractivity contribution < 1.29 is 17.9 Å². The Morgan fingerprint density at radius 3 is 2.42 bits per heavy atom. The SMILES string of the molecule is CC(=O)OC/C=C(/C)C[C@H](/C=C(C)/C=C\C1=C(C)CCCC1(C)C)S(=O)(=O)c1ccccc1. The van der Waals surface area contributed by atoms with E-state index in [1.807, 2.05) is 32.1 Å². The molecule has 0 N–H and O–H groups in total. The Kier molecular flexibility index (Phi) is 9.47. The van der Waals surface area contributed by atoms with E-state index in [1.54, 1.807) is 30.3 Å². The summed E-state index contributed by atoms with van der Waals surface area (Å²) in [5, 5.41) is -0.715. The Labute approximate surface area is 200 Å². The third-order valence-corrected chi connectivity index (χ3v) is 8.25. The van der Waals surface area contributed by atoms with Crippen LogP contribution in [-0.2, 0) is 19.4 Å². The van der Waals surface area contributed by atoms with E-state index in [4.69, 9.17) is 4.74 Å². The van der Waals surface area contributed by atoms with E-state index in [9.17, 15) is 13.2 Å². The molecule has 1 aromatic carbocycles. The van der Waals surface area contributed by atoms with Gasteiger partial charge in [-0.25, -0.2) is 8.42 Å². The van der Waals surface area contributed by atoms with Crippen LogP contribution in [0.1, 0.15) is 67.2 Å². The molecule has 0 bridgehead atoms. The van der Waals surface area contributed by atoms with Crippen molar-refractivity contribution in [1.82, 2.24) is 0 Å². The average Bonchev–Trinajstić information content (AvgIpc) is 2.72. The lowest BCUT2D eigenvalue weighted by Crippen LogP contribution is -2.20. The first-order chi connectivity index (χ1) is 15.4. The molecule has 180 valence electrons. The largest absolute Gasteiger partial charge is 0.462 e. The fourth-order valence-electron chi connectivity index (χ4n) is 4.32. The molecule has 0 saturated carbocycles. The van der Waals surface area contributed by atoms with E-state index in [2.05, 4.69) is 26.8 Å². The molecule has 33 heavy (non-hydrogen) atoms. The summed E-state index contributed by atoms with van der Waals surface area (Å²) in [4.78, 5) is 11.3. The number of carbonyl (C=O) groups excluding carboxylic acids is 1. The number of sulfone groups is 1. The number of allylic oxidation sites excluding steroid dienone is 6. The van der Waals surface area contributed by atoms with Crippen molar-refractivity contribution in [3.05, 3.63) is 76.9 Å². The zero-order chi connectivity index (χ0) is 24.6. The van der Waals surface area contributed by atoms with Crippen LogP contribution in [0, 0.1) is 5.41 Å². The molecular weight excluding hydrogens is 432 g/mol. The highest BCUT2D eigenvalue weighted by Gasteiger charge is 2.27. The lowest BCUT2D eigenvalue weighted by Gasteiger charge is -2.33. The maximum absolute atomic E-state index is 13.5. The highest BCUT2D eigenvalue weighted by atomic mass is 32.2. The van der Waals surface area contributed by atoms with Gasteiger partial charge >= 0.3 is 5.97 Å². The Morgan fingerprint density at radius 2 is 1.82 bits per heavy atom. The van der Waals surface area contributed by atoms with E-state index in [1.165, 1.54) is 24.5 Å². The molecule has 0 radical (unpaired) electrons. The first-order valence-electron chi connectivity index (χ1n) is 11.6. The van der Waals surface area contributed by atoms with Crippen LogP contribution in [-0.4, -0.2) is 26.2 Å². The quantitative estimate of drug-likeness (QED) is 0.227. The molecule has 4 nitrogen and oxygen atoms in total. The second-order valence-corrected chi connectivity index (χ2v) is 11.8. The van der Waals surface area contributed by atoms with E-state index >= 15 is 0 Å². The Morgan fingerprint density at radius 1 is 1.15 bits per heavy atom. The monoisotopic (exact) mass is 470 g/mol. The van der Waals surface area contributed by atoms with E-state index < -0.39 is 15.1 Å². The van der Waals surface area contributed by atoms with Gasteiger partial charge in [0.2, 0.25) is 0 Å². The van der Waals surface area contributed by atoms with Gasteiger partial charge in [-0.05, 0) is 75.7 Å². The first kappa shape index (κ1) is 26.8. The molecule has 0 aliphatic heterocycles. The number of rotatable bonds is 9. The van der Waals surface area contributed by atoms with Gasteiger partial charge in [0.25, 0.3) is 0 Å². The zero-order valence-electron chi connectivity index (χ0n) is 20.9. The third-order valence-electron chi connectivity index (χ3n) is 6.22. The summed E-state index contributed by atoms with van der Waals surface area (Å²) in [6.07, 6.45) is 11.6. The number of carbonyl (C=O) groups is 1. The molecule has 1 aromatic rings. The topological polar surface area (TPSA) is 60.4 Å². The van der Waals surface area contributed by atoms with Crippen molar-refractivity contribution in [3.8, 4) is 0 Å². The van der Waals surface area contributed by atoms with Crippen molar-refractivity contribution >= 4 is 15.8 Å². The van der Waals surface area contributed by atoms with Gasteiger partial charge in [-0.2, -0.15) is 0 Å². The van der Waals surface area contributed by atoms with Crippen molar-refractivity contribution in [2.75, 3.05) is 6.61 Å². The third kappa shape index (κ3) is 7.85. The number of hydrogen-bond donors (Lipinski definition) is 0. The van der Waals surface area contributed by atoms with Crippen LogP contribution in [0.4, 0.5) is 0 Å². The maximum atomic E-state index is 13.5. The van der Waals surface area contributed by atoms with Crippen LogP contribution >= 0.6 is 0 Å². The van der Waals surface area contributed by atoms with Crippen molar-refractivity contribution in [2.24, 2.45) is 5.41 Å². The van der Waals surface area contributed by atoms with Crippen LogP contribution in [0.15, 0.2) is 81.8 Å². The predicted molar refractivity (Wildman–Crippen MR) is 136 cm³/mol. The molecule has 1 atom stereocenters. The first-order valence-corrected chi connectivity index (χ1v) is 13.1. The molecule has 0 amide bonds. The molecule has 5 heteroatoms. The normalized spacial score (nSPS) is 18.5. The fourth-order valence-corrected chi connectivity index (χ4v) is 6.08. The second kappa shape index (κ2) is 11.6. The van der Waals surface area contributed by atoms with Gasteiger partial charge in [0, 0.05) is 6.92 Å². The molecule has 0 heterocycles. The minimum atomic E-state index is -3.58. The van der Waals surface area contributed by atoms with E-state index in [0.717, 1.165) is 24.0 Å². The molecule has 2 rings (SSSR count). The van der Waals surface area contributed by atoms with Crippen LogP contribution in [0.3, 0.4) is 0 Å². The van der Waals surface area contributed by atoms with Gasteiger partial charge in [0.05, 0.1) is 10.1 Å². The van der Waals surface area contributed by atoms with Gasteiger partial charge in [0.15, 0.2) is 9.84 Å². The molecule has 1 aliphatic rings. The number of benzene rings is 1. The van der Waals surface area contributed by atoms with Gasteiger partial charge in [-0.3, -0.25) is 4.79 Å². The molecule has 1 aliphatic carbocycles. The highest BCUT2D eigenvalue weighted by molar-refractivity contribution is 7.92. The highest BCUT2D eigenvalue weighted by Crippen LogP contribution is 2.40. The second-order valence-electron chi connectivity index (χ2n) is 9.63. The fraction of sp³-hybridized carbons (Fsp3) is 0.464. The molecule has 0 unspecified atom stereocenters. The number of ether oxygens (including phenoxy) is 1. The lowest BCUT2D eigenvalue weighted by atomic mass is 9.72. The number of esters is 1. The van der Waals surface area contributed by atoms with Gasteiger partial charge in [0.1, 0.15) is 6.61 Å². The summed E-state index contributed by atoms with van der Waals surface area (Å²) >= 11 is 0. The molecule has 0 spiro atoms. The van der Waals surface area contributed by atoms with Gasteiger partial charge < -0.3 is 4.74 Å². The van der Waals surface area contributed by atoms with E-state index in [-0.39, 0.29) is 18.0 Å². The Bertz CT molecular complexity index is 1050. The summed E-state index contributed by atoms with van der Waals surface area (Å²) in [7, 11) is -3.58. The predicted octanol–water partition coefficient (Wildman–Crippen LogP) is 6.76. The standard InChI is InChI=1S/C28H38O4S/c1-21(14-15-27-23(3)11-10-17-28(27,5)6)19-26(20-22(2)16-18-32-24(4)29)33(30,31)25-12-8-7-9-13-25/h7-9,12-16,19,26H,10-11,17-18,20H2,1-6H3/b15-14-,21-19+,22-16-/t26-/m0/s1. The zero-order valence-corrected chi connectivity index (χ0v) is 21.7. The molecule has 0 saturated heterocycles. The Balaban J connectivity index is 2.36. The van der Waals surface area contributed by atoms with Crippen LogP contribution in [0.2, 0.25) is 0 Å². The van der Waals surface area contributed by atoms with E-state index in [0.29, 0.717) is 11.3 Å². The smallest absolute Gasteiger partial charge is 0.302 e. The molecule has 0 fully saturated rings. The van der Waals surface area contributed by atoms with Crippen molar-refractivity contribution in [2.45, 2.75) is 77.4 Å². The van der Waals surface area contributed by atoms with Crippen LogP contribution < -0.4 is 0 Å². The minimum Gasteiger partial charge on any atom is -0.462 e. The minimum absolute atomic E-state index is 0.130. The average molecular weight is 471 g/mol. The van der Waals surface area contributed by atoms with Gasteiger partial charge in [-0.15, -0.1) is 0 Å². The van der Waals surface area contributed by atoms with Crippen molar-refractivity contribution in [3.63, 3.8) is 0 Å². The maximum Gasteiger partial charge on any atom is 0.302 e. The summed E-state index contributed by atoms with van der Waals surface area (Å²) < 4.78 is 31.9.